The van der Waals surface area contributed by atoms with Gasteiger partial charge in [-0.2, -0.15) is 5.10 Å². The molecule has 1 aromatic carbocycles. The number of hydrogen-bond acceptors (Lipinski definition) is 4. The Kier molecular flexibility index (Phi) is 4.28. The number of hydrogen-bond donors (Lipinski definition) is 2. The number of nitrogens with one attached hydrogen (secondary N) is 2. The minimum atomic E-state index is 0.437. The molecule has 2 aromatic heterocycles. The van der Waals surface area contributed by atoms with Gasteiger partial charge in [0.1, 0.15) is 0 Å². The summed E-state index contributed by atoms with van der Waals surface area (Å²) >= 11 is 0. The molecule has 124 valence electrons. The number of rotatable bonds is 4. The second kappa shape index (κ2) is 6.71. The van der Waals surface area contributed by atoms with Crippen LogP contribution < -0.4 is 10.6 Å². The van der Waals surface area contributed by atoms with Crippen LogP contribution in [0.25, 0.3) is 5.65 Å². The Morgan fingerprint density at radius 3 is 3.04 bits per heavy atom. The van der Waals surface area contributed by atoms with Crippen molar-refractivity contribution in [2.45, 2.75) is 38.4 Å². The summed E-state index contributed by atoms with van der Waals surface area (Å²) in [6.07, 6.45) is 6.28. The van der Waals surface area contributed by atoms with Crippen molar-refractivity contribution in [3.05, 3.63) is 65.6 Å². The van der Waals surface area contributed by atoms with Crippen molar-refractivity contribution >= 4 is 5.65 Å². The molecule has 3 aromatic rings. The van der Waals surface area contributed by atoms with Crippen molar-refractivity contribution in [3.8, 4) is 0 Å². The zero-order valence-electron chi connectivity index (χ0n) is 13.9. The largest absolute Gasteiger partial charge is 0.310 e. The Morgan fingerprint density at radius 2 is 2.17 bits per heavy atom. The first-order valence-corrected chi connectivity index (χ1v) is 8.60. The molecule has 1 aliphatic rings. The minimum absolute atomic E-state index is 0.437. The molecule has 24 heavy (non-hydrogen) atoms. The molecule has 4 rings (SSSR count). The van der Waals surface area contributed by atoms with Crippen LogP contribution in [0.4, 0.5) is 0 Å². The van der Waals surface area contributed by atoms with Crippen LogP contribution in [0.15, 0.2) is 48.8 Å². The van der Waals surface area contributed by atoms with Gasteiger partial charge < -0.3 is 10.6 Å². The molecule has 0 unspecified atom stereocenters. The fourth-order valence-electron chi connectivity index (χ4n) is 3.43. The molecule has 0 bridgehead atoms. The number of aryl methyl sites for hydroxylation is 1. The summed E-state index contributed by atoms with van der Waals surface area (Å²) in [6, 6.07) is 13.7. The fourth-order valence-corrected chi connectivity index (χ4v) is 3.43. The Balaban J connectivity index is 1.39. The summed E-state index contributed by atoms with van der Waals surface area (Å²) in [5.41, 5.74) is 4.44. The van der Waals surface area contributed by atoms with E-state index in [0.29, 0.717) is 12.1 Å². The predicted molar refractivity (Wildman–Crippen MR) is 94.8 cm³/mol. The number of piperidine rings is 1. The van der Waals surface area contributed by atoms with Gasteiger partial charge in [0.25, 0.3) is 0 Å². The molecule has 1 aliphatic heterocycles. The van der Waals surface area contributed by atoms with Crippen molar-refractivity contribution in [2.24, 2.45) is 0 Å². The molecule has 0 saturated carbocycles. The molecule has 0 aliphatic carbocycles. The first-order chi connectivity index (χ1) is 11.8. The van der Waals surface area contributed by atoms with Gasteiger partial charge in [-0.15, -0.1) is 0 Å². The van der Waals surface area contributed by atoms with Crippen molar-refractivity contribution in [3.63, 3.8) is 0 Å². The molecular weight excluding hydrogens is 298 g/mol. The maximum absolute atomic E-state index is 4.48. The van der Waals surface area contributed by atoms with E-state index in [9.17, 15) is 0 Å². The van der Waals surface area contributed by atoms with E-state index in [0.717, 1.165) is 37.3 Å². The highest BCUT2D eigenvalue weighted by molar-refractivity contribution is 5.38. The van der Waals surface area contributed by atoms with E-state index in [1.165, 1.54) is 11.1 Å². The molecule has 0 radical (unpaired) electrons. The summed E-state index contributed by atoms with van der Waals surface area (Å²) in [5.74, 6) is 0. The van der Waals surface area contributed by atoms with E-state index in [2.05, 4.69) is 57.2 Å². The van der Waals surface area contributed by atoms with Crippen LogP contribution in [0, 0.1) is 6.92 Å². The first-order valence-electron chi connectivity index (χ1n) is 8.60. The van der Waals surface area contributed by atoms with Crippen molar-refractivity contribution in [1.82, 2.24) is 25.2 Å². The lowest BCUT2D eigenvalue weighted by atomic mass is 9.94. The van der Waals surface area contributed by atoms with Crippen molar-refractivity contribution < 1.29 is 0 Å². The molecule has 0 spiro atoms. The van der Waals surface area contributed by atoms with Gasteiger partial charge in [-0.05, 0) is 31.9 Å². The van der Waals surface area contributed by atoms with Gasteiger partial charge in [0, 0.05) is 42.7 Å². The predicted octanol–water partition coefficient (Wildman–Crippen LogP) is 2.62. The molecular formula is C19H23N5. The molecule has 5 nitrogen and oxygen atoms in total. The molecule has 3 heterocycles. The third kappa shape index (κ3) is 3.32. The molecule has 2 N–H and O–H groups in total. The van der Waals surface area contributed by atoms with Crippen LogP contribution >= 0.6 is 0 Å². The lowest BCUT2D eigenvalue weighted by Crippen LogP contribution is -2.41. The summed E-state index contributed by atoms with van der Waals surface area (Å²) in [4.78, 5) is 4.48. The van der Waals surface area contributed by atoms with Crippen LogP contribution in [0.3, 0.4) is 0 Å². The molecule has 5 heteroatoms. The highest BCUT2D eigenvalue weighted by Gasteiger charge is 2.22. The van der Waals surface area contributed by atoms with E-state index in [4.69, 9.17) is 0 Å². The lowest BCUT2D eigenvalue weighted by Gasteiger charge is -2.31. The van der Waals surface area contributed by atoms with Crippen LogP contribution in [-0.2, 0) is 6.54 Å². The minimum Gasteiger partial charge on any atom is -0.310 e. The maximum atomic E-state index is 4.48. The SMILES string of the molecule is Cc1cc2ncc(CN[C@@H]3CCN[C@@H](c4ccccc4)C3)cn2n1. The van der Waals surface area contributed by atoms with Gasteiger partial charge in [-0.25, -0.2) is 9.50 Å². The first kappa shape index (κ1) is 15.3. The van der Waals surface area contributed by atoms with E-state index in [1.54, 1.807) is 0 Å². The number of fused-ring (bicyclic) bond motifs is 1. The van der Waals surface area contributed by atoms with Gasteiger partial charge in [0.05, 0.1) is 5.69 Å². The number of benzene rings is 1. The smallest absolute Gasteiger partial charge is 0.155 e. The summed E-state index contributed by atoms with van der Waals surface area (Å²) < 4.78 is 1.86. The Bertz CT molecular complexity index is 811. The zero-order chi connectivity index (χ0) is 16.4. The van der Waals surface area contributed by atoms with Gasteiger partial charge >= 0.3 is 0 Å². The Hall–Kier alpha value is -2.24. The van der Waals surface area contributed by atoms with Crippen LogP contribution in [0.1, 0.15) is 35.7 Å². The quantitative estimate of drug-likeness (QED) is 0.776. The third-order valence-corrected chi connectivity index (χ3v) is 4.69. The summed E-state index contributed by atoms with van der Waals surface area (Å²) in [5, 5.41) is 11.7. The van der Waals surface area contributed by atoms with Gasteiger partial charge in [0.15, 0.2) is 5.65 Å². The monoisotopic (exact) mass is 321 g/mol. The van der Waals surface area contributed by atoms with Gasteiger partial charge in [-0.1, -0.05) is 30.3 Å². The van der Waals surface area contributed by atoms with E-state index < -0.39 is 0 Å². The number of aromatic nitrogens is 3. The Morgan fingerprint density at radius 1 is 1.29 bits per heavy atom. The van der Waals surface area contributed by atoms with Crippen molar-refractivity contribution in [1.29, 1.82) is 0 Å². The summed E-state index contributed by atoms with van der Waals surface area (Å²) in [6.45, 7) is 3.87. The third-order valence-electron chi connectivity index (χ3n) is 4.69. The normalized spacial score (nSPS) is 21.2. The molecule has 1 saturated heterocycles. The highest BCUT2D eigenvalue weighted by atomic mass is 15.2. The maximum Gasteiger partial charge on any atom is 0.155 e. The second-order valence-electron chi connectivity index (χ2n) is 6.57. The topological polar surface area (TPSA) is 54.2 Å². The van der Waals surface area contributed by atoms with Crippen LogP contribution in [0.5, 0.6) is 0 Å². The second-order valence-corrected chi connectivity index (χ2v) is 6.57. The highest BCUT2D eigenvalue weighted by Crippen LogP contribution is 2.23. The van der Waals surface area contributed by atoms with Crippen LogP contribution in [0.2, 0.25) is 0 Å². The van der Waals surface area contributed by atoms with Crippen LogP contribution in [-0.4, -0.2) is 27.2 Å². The summed E-state index contributed by atoms with van der Waals surface area (Å²) in [7, 11) is 0. The average molecular weight is 321 g/mol. The van der Waals surface area contributed by atoms with E-state index >= 15 is 0 Å². The van der Waals surface area contributed by atoms with Crippen molar-refractivity contribution in [2.75, 3.05) is 6.54 Å². The standard InChI is InChI=1S/C19H23N5/c1-14-9-19-22-12-15(13-24(19)23-14)11-21-17-7-8-20-18(10-17)16-5-3-2-4-6-16/h2-6,9,12-13,17-18,20-21H,7-8,10-11H2,1H3/t17-,18-/m1/s1. The molecule has 2 atom stereocenters. The zero-order valence-corrected chi connectivity index (χ0v) is 13.9. The fraction of sp³-hybridized carbons (Fsp3) is 0.368. The van der Waals surface area contributed by atoms with E-state index in [1.807, 2.05) is 23.7 Å². The van der Waals surface area contributed by atoms with Gasteiger partial charge in [0.2, 0.25) is 0 Å². The van der Waals surface area contributed by atoms with Gasteiger partial charge in [-0.3, -0.25) is 0 Å². The lowest BCUT2D eigenvalue weighted by molar-refractivity contribution is 0.322. The number of nitrogens with zero attached hydrogens (tertiary/aromatic N) is 3. The molecule has 0 amide bonds. The average Bonchev–Trinajstić information content (AvgIpc) is 3.00. The molecule has 1 fully saturated rings. The Labute approximate surface area is 142 Å². The van der Waals surface area contributed by atoms with E-state index in [-0.39, 0.29) is 0 Å².